The van der Waals surface area contributed by atoms with Gasteiger partial charge in [0.05, 0.1) is 4.92 Å². The van der Waals surface area contributed by atoms with E-state index in [9.17, 15) is 14.9 Å². The van der Waals surface area contributed by atoms with Gasteiger partial charge in [0, 0.05) is 31.7 Å². The van der Waals surface area contributed by atoms with Gasteiger partial charge in [0.1, 0.15) is 5.56 Å². The predicted octanol–water partition coefficient (Wildman–Crippen LogP) is 1.03. The van der Waals surface area contributed by atoms with Crippen molar-refractivity contribution in [1.29, 1.82) is 0 Å². The molecular weight excluding hydrogens is 234 g/mol. The molecule has 0 spiro atoms. The molecule has 6 nitrogen and oxygen atoms in total. The Bertz CT molecular complexity index is 475. The first kappa shape index (κ1) is 12.5. The lowest BCUT2D eigenvalue weighted by Gasteiger charge is -2.31. The number of carbonyl (C=O) groups excluding carboxylic acids is 1. The van der Waals surface area contributed by atoms with Crippen LogP contribution in [0.3, 0.4) is 0 Å². The van der Waals surface area contributed by atoms with Crippen molar-refractivity contribution in [3.05, 3.63) is 39.9 Å². The third kappa shape index (κ3) is 2.48. The first-order chi connectivity index (χ1) is 8.59. The number of nitro groups is 1. The average molecular weight is 249 g/mol. The van der Waals surface area contributed by atoms with Crippen LogP contribution in [0, 0.1) is 10.1 Å². The molecule has 1 aromatic rings. The summed E-state index contributed by atoms with van der Waals surface area (Å²) in [5.41, 5.74) is 0.0327. The number of hydrogen-bond acceptors (Lipinski definition) is 4. The number of nitrogens with one attached hydrogen (secondary N) is 1. The summed E-state index contributed by atoms with van der Waals surface area (Å²) in [4.78, 5) is 24.3. The zero-order valence-electron chi connectivity index (χ0n) is 10.1. The van der Waals surface area contributed by atoms with Crippen molar-refractivity contribution >= 4 is 11.6 Å². The number of amides is 1. The molecule has 1 aliphatic heterocycles. The van der Waals surface area contributed by atoms with Crippen LogP contribution in [0.4, 0.5) is 5.69 Å². The van der Waals surface area contributed by atoms with Gasteiger partial charge in [-0.15, -0.1) is 0 Å². The summed E-state index contributed by atoms with van der Waals surface area (Å²) in [5, 5.41) is 14.1. The third-order valence-electron chi connectivity index (χ3n) is 2.99. The minimum absolute atomic E-state index is 0.131. The number of piperazine rings is 1. The Hall–Kier alpha value is -1.95. The highest BCUT2D eigenvalue weighted by atomic mass is 16.6. The fraction of sp³-hybridized carbons (Fsp3) is 0.417. The molecule has 1 heterocycles. The molecule has 2 rings (SSSR count). The Morgan fingerprint density at radius 3 is 2.89 bits per heavy atom. The van der Waals surface area contributed by atoms with Crippen LogP contribution in [0.15, 0.2) is 24.3 Å². The van der Waals surface area contributed by atoms with Crippen molar-refractivity contribution in [2.45, 2.75) is 13.0 Å². The number of carbonyl (C=O) groups is 1. The average Bonchev–Trinajstić information content (AvgIpc) is 2.38. The number of nitro benzene ring substituents is 1. The first-order valence-electron chi connectivity index (χ1n) is 5.85. The van der Waals surface area contributed by atoms with Crippen LogP contribution < -0.4 is 5.32 Å². The number of nitrogens with zero attached hydrogens (tertiary/aromatic N) is 2. The van der Waals surface area contributed by atoms with Gasteiger partial charge in [-0.05, 0) is 13.0 Å². The van der Waals surface area contributed by atoms with Gasteiger partial charge in [0.25, 0.3) is 11.6 Å². The Labute approximate surface area is 105 Å². The lowest BCUT2D eigenvalue weighted by atomic mass is 10.1. The molecule has 0 unspecified atom stereocenters. The summed E-state index contributed by atoms with van der Waals surface area (Å²) >= 11 is 0. The molecule has 0 aromatic heterocycles. The molecule has 1 aliphatic rings. The van der Waals surface area contributed by atoms with E-state index in [0.717, 1.165) is 0 Å². The summed E-state index contributed by atoms with van der Waals surface area (Å²) in [6.45, 7) is 3.85. The topological polar surface area (TPSA) is 75.5 Å². The van der Waals surface area contributed by atoms with Gasteiger partial charge in [-0.2, -0.15) is 0 Å². The summed E-state index contributed by atoms with van der Waals surface area (Å²) in [5.74, 6) is -0.268. The van der Waals surface area contributed by atoms with E-state index < -0.39 is 4.92 Å². The van der Waals surface area contributed by atoms with Gasteiger partial charge in [0.15, 0.2) is 0 Å². The molecule has 0 bridgehead atoms. The van der Waals surface area contributed by atoms with E-state index in [1.165, 1.54) is 12.1 Å². The van der Waals surface area contributed by atoms with E-state index >= 15 is 0 Å². The lowest BCUT2D eigenvalue weighted by molar-refractivity contribution is -0.385. The fourth-order valence-corrected chi connectivity index (χ4v) is 2.10. The highest BCUT2D eigenvalue weighted by Gasteiger charge is 2.26. The highest BCUT2D eigenvalue weighted by molar-refractivity contribution is 5.98. The Morgan fingerprint density at radius 1 is 1.50 bits per heavy atom. The van der Waals surface area contributed by atoms with Crippen LogP contribution in [0.25, 0.3) is 0 Å². The zero-order chi connectivity index (χ0) is 13.1. The summed E-state index contributed by atoms with van der Waals surface area (Å²) in [6.07, 6.45) is 0. The van der Waals surface area contributed by atoms with E-state index in [-0.39, 0.29) is 23.2 Å². The van der Waals surface area contributed by atoms with Gasteiger partial charge in [-0.25, -0.2) is 0 Å². The molecule has 1 atom stereocenters. The maximum Gasteiger partial charge on any atom is 0.282 e. The molecule has 1 amide bonds. The van der Waals surface area contributed by atoms with E-state index in [0.29, 0.717) is 19.6 Å². The van der Waals surface area contributed by atoms with Gasteiger partial charge in [-0.3, -0.25) is 14.9 Å². The van der Waals surface area contributed by atoms with Crippen molar-refractivity contribution in [3.63, 3.8) is 0 Å². The first-order valence-corrected chi connectivity index (χ1v) is 5.85. The largest absolute Gasteiger partial charge is 0.336 e. The van der Waals surface area contributed by atoms with Crippen molar-refractivity contribution in [1.82, 2.24) is 10.2 Å². The van der Waals surface area contributed by atoms with Crippen LogP contribution in [0.2, 0.25) is 0 Å². The normalized spacial score (nSPS) is 19.6. The second-order valence-electron chi connectivity index (χ2n) is 4.38. The molecule has 96 valence electrons. The summed E-state index contributed by atoms with van der Waals surface area (Å²) in [7, 11) is 0. The van der Waals surface area contributed by atoms with E-state index in [2.05, 4.69) is 5.32 Å². The van der Waals surface area contributed by atoms with Crippen LogP contribution in [-0.4, -0.2) is 41.4 Å². The molecule has 0 radical (unpaired) electrons. The molecule has 0 aliphatic carbocycles. The number of para-hydroxylation sites is 1. The molecule has 6 heteroatoms. The van der Waals surface area contributed by atoms with Crippen LogP contribution >= 0.6 is 0 Å². The predicted molar refractivity (Wildman–Crippen MR) is 66.5 cm³/mol. The SMILES string of the molecule is C[C@@H]1CN(C(=O)c2ccccc2[N+](=O)[O-])CCN1. The van der Waals surface area contributed by atoms with Crippen molar-refractivity contribution in [3.8, 4) is 0 Å². The standard InChI is InChI=1S/C12H15N3O3/c1-9-8-14(7-6-13-9)12(16)10-4-2-3-5-11(10)15(17)18/h2-5,9,13H,6-8H2,1H3/t9-/m1/s1. The van der Waals surface area contributed by atoms with Crippen LogP contribution in [0.1, 0.15) is 17.3 Å². The lowest BCUT2D eigenvalue weighted by Crippen LogP contribution is -2.51. The third-order valence-corrected chi connectivity index (χ3v) is 2.99. The minimum Gasteiger partial charge on any atom is -0.336 e. The molecule has 0 saturated carbocycles. The highest BCUT2D eigenvalue weighted by Crippen LogP contribution is 2.20. The quantitative estimate of drug-likeness (QED) is 0.627. The van der Waals surface area contributed by atoms with Gasteiger partial charge >= 0.3 is 0 Å². The molecule has 1 saturated heterocycles. The minimum atomic E-state index is -0.515. The van der Waals surface area contributed by atoms with Gasteiger partial charge in [-0.1, -0.05) is 12.1 Å². The van der Waals surface area contributed by atoms with Crippen LogP contribution in [0.5, 0.6) is 0 Å². The molecule has 18 heavy (non-hydrogen) atoms. The Balaban J connectivity index is 2.25. The maximum atomic E-state index is 12.3. The summed E-state index contributed by atoms with van der Waals surface area (Å²) < 4.78 is 0. The monoisotopic (exact) mass is 249 g/mol. The smallest absolute Gasteiger partial charge is 0.282 e. The van der Waals surface area contributed by atoms with Gasteiger partial charge in [0.2, 0.25) is 0 Å². The van der Waals surface area contributed by atoms with Crippen LogP contribution in [-0.2, 0) is 0 Å². The zero-order valence-corrected chi connectivity index (χ0v) is 10.1. The van der Waals surface area contributed by atoms with Crippen molar-refractivity contribution in [2.75, 3.05) is 19.6 Å². The van der Waals surface area contributed by atoms with Gasteiger partial charge < -0.3 is 10.2 Å². The molecule has 1 N–H and O–H groups in total. The fourth-order valence-electron chi connectivity index (χ4n) is 2.10. The number of benzene rings is 1. The molecular formula is C12H15N3O3. The van der Waals surface area contributed by atoms with E-state index in [1.54, 1.807) is 17.0 Å². The van der Waals surface area contributed by atoms with Crippen molar-refractivity contribution < 1.29 is 9.72 Å². The Kier molecular flexibility index (Phi) is 3.57. The van der Waals surface area contributed by atoms with E-state index in [1.807, 2.05) is 6.92 Å². The number of rotatable bonds is 2. The maximum absolute atomic E-state index is 12.3. The number of hydrogen-bond donors (Lipinski definition) is 1. The van der Waals surface area contributed by atoms with Crippen molar-refractivity contribution in [2.24, 2.45) is 0 Å². The summed E-state index contributed by atoms with van der Waals surface area (Å²) in [6, 6.07) is 6.29. The Morgan fingerprint density at radius 2 is 2.22 bits per heavy atom. The second-order valence-corrected chi connectivity index (χ2v) is 4.38. The molecule has 1 fully saturated rings. The van der Waals surface area contributed by atoms with E-state index in [4.69, 9.17) is 0 Å². The molecule has 1 aromatic carbocycles. The second kappa shape index (κ2) is 5.14.